The summed E-state index contributed by atoms with van der Waals surface area (Å²) < 4.78 is 0. The highest BCUT2D eigenvalue weighted by Gasteiger charge is 2.20. The molecule has 0 aromatic heterocycles. The minimum absolute atomic E-state index is 0.131. The fraction of sp³-hybridized carbons (Fsp3) is 0.263. The van der Waals surface area contributed by atoms with Crippen molar-refractivity contribution in [3.63, 3.8) is 0 Å². The molecule has 1 unspecified atom stereocenters. The molecule has 5 nitrogen and oxygen atoms in total. The summed E-state index contributed by atoms with van der Waals surface area (Å²) in [5, 5.41) is 5.75. The maximum Gasteiger partial charge on any atom is 0.241 e. The molecule has 0 saturated carbocycles. The summed E-state index contributed by atoms with van der Waals surface area (Å²) in [5.41, 5.74) is 1.53. The van der Waals surface area contributed by atoms with Crippen molar-refractivity contribution in [1.29, 1.82) is 0 Å². The number of carbonyl (C=O) groups excluding carboxylic acids is 2. The quantitative estimate of drug-likeness (QED) is 0.747. The molecule has 2 aromatic rings. The average Bonchev–Trinajstić information content (AvgIpc) is 2.62. The van der Waals surface area contributed by atoms with Gasteiger partial charge in [0.2, 0.25) is 11.8 Å². The van der Waals surface area contributed by atoms with Gasteiger partial charge in [0.1, 0.15) is 0 Å². The third-order valence-corrected chi connectivity index (χ3v) is 4.65. The van der Waals surface area contributed by atoms with Crippen molar-refractivity contribution >= 4 is 35.0 Å². The average molecular weight is 357 g/mol. The molecule has 0 aliphatic carbocycles. The minimum atomic E-state index is -0.429. The van der Waals surface area contributed by atoms with Gasteiger partial charge in [0, 0.05) is 10.6 Å². The number of carbonyl (C=O) groups is 2. The number of para-hydroxylation sites is 2. The zero-order chi connectivity index (χ0) is 18.2. The number of anilines is 2. The monoisotopic (exact) mass is 357 g/mol. The predicted octanol–water partition coefficient (Wildman–Crippen LogP) is 3.31. The lowest BCUT2D eigenvalue weighted by Gasteiger charge is -2.23. The topological polar surface area (TPSA) is 61.4 Å². The highest BCUT2D eigenvalue weighted by atomic mass is 32.2. The van der Waals surface area contributed by atoms with Crippen LogP contribution in [0.3, 0.4) is 0 Å². The summed E-state index contributed by atoms with van der Waals surface area (Å²) in [4.78, 5) is 27.3. The van der Waals surface area contributed by atoms with Crippen LogP contribution in [0, 0.1) is 0 Å². The van der Waals surface area contributed by atoms with Crippen molar-refractivity contribution in [2.45, 2.75) is 17.9 Å². The summed E-state index contributed by atoms with van der Waals surface area (Å²) >= 11 is 1.58. The third-order valence-electron chi connectivity index (χ3n) is 3.86. The largest absolute Gasteiger partial charge is 0.325 e. The van der Waals surface area contributed by atoms with E-state index in [4.69, 9.17) is 0 Å². The van der Waals surface area contributed by atoms with Crippen LogP contribution in [0.2, 0.25) is 0 Å². The molecule has 0 heterocycles. The number of hydrogen-bond donors (Lipinski definition) is 2. The molecular formula is C19H23N3O2S. The van der Waals surface area contributed by atoms with E-state index in [0.717, 1.165) is 16.3 Å². The highest BCUT2D eigenvalue weighted by molar-refractivity contribution is 7.98. The molecule has 2 aromatic carbocycles. The van der Waals surface area contributed by atoms with Gasteiger partial charge in [0.15, 0.2) is 0 Å². The predicted molar refractivity (Wildman–Crippen MR) is 104 cm³/mol. The van der Waals surface area contributed by atoms with Crippen molar-refractivity contribution < 1.29 is 9.59 Å². The zero-order valence-electron chi connectivity index (χ0n) is 14.7. The van der Waals surface area contributed by atoms with Crippen LogP contribution >= 0.6 is 11.8 Å². The Labute approximate surface area is 152 Å². The van der Waals surface area contributed by atoms with Gasteiger partial charge in [-0.3, -0.25) is 14.5 Å². The third kappa shape index (κ3) is 5.62. The number of nitrogens with zero attached hydrogens (tertiary/aromatic N) is 1. The first-order chi connectivity index (χ1) is 12.0. The first-order valence-electron chi connectivity index (χ1n) is 8.00. The van der Waals surface area contributed by atoms with E-state index in [1.54, 1.807) is 30.6 Å². The number of thioether (sulfide) groups is 1. The molecule has 0 spiro atoms. The first-order valence-corrected chi connectivity index (χ1v) is 9.22. The van der Waals surface area contributed by atoms with E-state index in [2.05, 4.69) is 10.6 Å². The lowest BCUT2D eigenvalue weighted by molar-refractivity contribution is -0.122. The Morgan fingerprint density at radius 1 is 1.04 bits per heavy atom. The maximum absolute atomic E-state index is 12.3. The number of likely N-dealkylation sites (N-methyl/N-ethyl adjacent to an activating group) is 1. The number of amides is 2. The van der Waals surface area contributed by atoms with Gasteiger partial charge in [-0.05, 0) is 44.5 Å². The SMILES string of the molecule is CSc1ccccc1NC(=O)CN(C)C(C)C(=O)Nc1ccccc1. The standard InChI is InChI=1S/C19H23N3O2S/c1-14(19(24)20-15-9-5-4-6-10-15)22(2)13-18(23)21-16-11-7-8-12-17(16)25-3/h4-12,14H,13H2,1-3H3,(H,20,24)(H,21,23). The van der Waals surface area contributed by atoms with E-state index < -0.39 is 6.04 Å². The second kappa shape index (κ2) is 9.25. The molecule has 0 radical (unpaired) electrons. The molecule has 0 aliphatic heterocycles. The highest BCUT2D eigenvalue weighted by Crippen LogP contribution is 2.24. The van der Waals surface area contributed by atoms with Gasteiger partial charge in [0.05, 0.1) is 18.3 Å². The molecule has 2 amide bonds. The number of nitrogens with one attached hydrogen (secondary N) is 2. The van der Waals surface area contributed by atoms with Crippen LogP contribution in [-0.2, 0) is 9.59 Å². The number of hydrogen-bond acceptors (Lipinski definition) is 4. The Kier molecular flexibility index (Phi) is 7.03. The van der Waals surface area contributed by atoms with E-state index in [0.29, 0.717) is 0 Å². The van der Waals surface area contributed by atoms with Crippen molar-refractivity contribution in [3.05, 3.63) is 54.6 Å². The summed E-state index contributed by atoms with van der Waals surface area (Å²) in [7, 11) is 1.76. The smallest absolute Gasteiger partial charge is 0.241 e. The Morgan fingerprint density at radius 2 is 1.68 bits per heavy atom. The van der Waals surface area contributed by atoms with Gasteiger partial charge in [-0.25, -0.2) is 0 Å². The lowest BCUT2D eigenvalue weighted by Crippen LogP contribution is -2.43. The molecule has 1 atom stereocenters. The molecule has 0 aliphatic rings. The van der Waals surface area contributed by atoms with Gasteiger partial charge < -0.3 is 10.6 Å². The first kappa shape index (κ1) is 19.0. The molecule has 0 bridgehead atoms. The van der Waals surface area contributed by atoms with Crippen molar-refractivity contribution in [2.24, 2.45) is 0 Å². The van der Waals surface area contributed by atoms with Gasteiger partial charge in [-0.2, -0.15) is 0 Å². The van der Waals surface area contributed by atoms with E-state index in [9.17, 15) is 9.59 Å². The van der Waals surface area contributed by atoms with Gasteiger partial charge in [-0.1, -0.05) is 30.3 Å². The number of rotatable bonds is 7. The van der Waals surface area contributed by atoms with Crippen LogP contribution in [0.4, 0.5) is 11.4 Å². The molecule has 0 saturated heterocycles. The van der Waals surface area contributed by atoms with Crippen LogP contribution in [0.1, 0.15) is 6.92 Å². The van der Waals surface area contributed by atoms with Crippen LogP contribution in [-0.4, -0.2) is 42.6 Å². The van der Waals surface area contributed by atoms with Gasteiger partial charge in [-0.15, -0.1) is 11.8 Å². The Bertz CT molecular complexity index is 722. The molecule has 2 rings (SSSR count). The summed E-state index contributed by atoms with van der Waals surface area (Å²) in [6.45, 7) is 1.91. The summed E-state index contributed by atoms with van der Waals surface area (Å²) in [6.07, 6.45) is 1.97. The molecule has 2 N–H and O–H groups in total. The number of benzene rings is 2. The normalized spacial score (nSPS) is 11.8. The molecule has 0 fully saturated rings. The molecule has 6 heteroatoms. The summed E-state index contributed by atoms with van der Waals surface area (Å²) in [5.74, 6) is -0.297. The van der Waals surface area contributed by atoms with E-state index in [1.165, 1.54) is 0 Å². The maximum atomic E-state index is 12.3. The van der Waals surface area contributed by atoms with Crippen LogP contribution in [0.5, 0.6) is 0 Å². The fourth-order valence-corrected chi connectivity index (χ4v) is 2.82. The fourth-order valence-electron chi connectivity index (χ4n) is 2.27. The van der Waals surface area contributed by atoms with Crippen LogP contribution in [0.25, 0.3) is 0 Å². The van der Waals surface area contributed by atoms with E-state index >= 15 is 0 Å². The molecule has 25 heavy (non-hydrogen) atoms. The van der Waals surface area contributed by atoms with Gasteiger partial charge >= 0.3 is 0 Å². The van der Waals surface area contributed by atoms with Gasteiger partial charge in [0.25, 0.3) is 0 Å². The van der Waals surface area contributed by atoms with E-state index in [-0.39, 0.29) is 18.4 Å². The van der Waals surface area contributed by atoms with Crippen LogP contribution < -0.4 is 10.6 Å². The van der Waals surface area contributed by atoms with Crippen molar-refractivity contribution in [3.8, 4) is 0 Å². The van der Waals surface area contributed by atoms with E-state index in [1.807, 2.05) is 60.9 Å². The zero-order valence-corrected chi connectivity index (χ0v) is 15.5. The second-order valence-electron chi connectivity index (χ2n) is 5.69. The van der Waals surface area contributed by atoms with Crippen LogP contribution in [0.15, 0.2) is 59.5 Å². The minimum Gasteiger partial charge on any atom is -0.325 e. The second-order valence-corrected chi connectivity index (χ2v) is 6.54. The van der Waals surface area contributed by atoms with Crippen molar-refractivity contribution in [1.82, 2.24) is 4.90 Å². The Balaban J connectivity index is 1.90. The molecule has 132 valence electrons. The summed E-state index contributed by atoms with van der Waals surface area (Å²) in [6, 6.07) is 16.5. The van der Waals surface area contributed by atoms with Crippen molar-refractivity contribution in [2.75, 3.05) is 30.5 Å². The molecular weight excluding hydrogens is 334 g/mol. The Morgan fingerprint density at radius 3 is 2.36 bits per heavy atom. The lowest BCUT2D eigenvalue weighted by atomic mass is 10.2. The Hall–Kier alpha value is -2.31.